The van der Waals surface area contributed by atoms with Crippen molar-refractivity contribution in [3.8, 4) is 0 Å². The number of rotatable bonds is 3. The monoisotopic (exact) mass is 200 g/mol. The van der Waals surface area contributed by atoms with E-state index < -0.39 is 6.10 Å². The zero-order valence-corrected chi connectivity index (χ0v) is 8.62. The summed E-state index contributed by atoms with van der Waals surface area (Å²) in [4.78, 5) is 11.5. The zero-order valence-electron chi connectivity index (χ0n) is 8.62. The number of hydrogen-bond acceptors (Lipinski definition) is 4. The van der Waals surface area contributed by atoms with Crippen molar-refractivity contribution in [3.05, 3.63) is 0 Å². The van der Waals surface area contributed by atoms with Crippen molar-refractivity contribution in [1.29, 1.82) is 0 Å². The molecule has 4 nitrogen and oxygen atoms in total. The lowest BCUT2D eigenvalue weighted by Gasteiger charge is -2.45. The van der Waals surface area contributed by atoms with Crippen LogP contribution >= 0.6 is 0 Å². The fourth-order valence-corrected chi connectivity index (χ4v) is 2.46. The molecule has 0 spiro atoms. The van der Waals surface area contributed by atoms with Gasteiger partial charge in [0, 0.05) is 12.5 Å². The van der Waals surface area contributed by atoms with Crippen LogP contribution in [0.5, 0.6) is 0 Å². The maximum atomic E-state index is 11.5. The SMILES string of the molecule is CCO[C@@]12CC[C@@H]1CO[C@@H]2C(=O)OC. The third-order valence-electron chi connectivity index (χ3n) is 3.31. The lowest BCUT2D eigenvalue weighted by Crippen LogP contribution is -2.56. The summed E-state index contributed by atoms with van der Waals surface area (Å²) in [5, 5.41) is 0. The van der Waals surface area contributed by atoms with Crippen molar-refractivity contribution in [2.75, 3.05) is 20.3 Å². The maximum absolute atomic E-state index is 11.5. The van der Waals surface area contributed by atoms with E-state index in [4.69, 9.17) is 14.2 Å². The summed E-state index contributed by atoms with van der Waals surface area (Å²) >= 11 is 0. The molecule has 0 aromatic carbocycles. The van der Waals surface area contributed by atoms with E-state index in [1.54, 1.807) is 0 Å². The molecule has 2 aliphatic rings. The Labute approximate surface area is 83.5 Å². The van der Waals surface area contributed by atoms with Gasteiger partial charge < -0.3 is 14.2 Å². The molecule has 0 aromatic heterocycles. The van der Waals surface area contributed by atoms with Crippen LogP contribution in [0.15, 0.2) is 0 Å². The highest BCUT2D eigenvalue weighted by Gasteiger charge is 2.61. The summed E-state index contributed by atoms with van der Waals surface area (Å²) < 4.78 is 15.9. The maximum Gasteiger partial charge on any atom is 0.338 e. The molecule has 0 unspecified atom stereocenters. The van der Waals surface area contributed by atoms with E-state index in [2.05, 4.69) is 0 Å². The van der Waals surface area contributed by atoms with Crippen molar-refractivity contribution in [3.63, 3.8) is 0 Å². The van der Waals surface area contributed by atoms with Gasteiger partial charge in [0.25, 0.3) is 0 Å². The van der Waals surface area contributed by atoms with Crippen LogP contribution < -0.4 is 0 Å². The molecule has 1 heterocycles. The lowest BCUT2D eigenvalue weighted by atomic mass is 9.68. The first-order valence-electron chi connectivity index (χ1n) is 5.08. The van der Waals surface area contributed by atoms with E-state index in [0.29, 0.717) is 19.1 Å². The molecule has 1 saturated heterocycles. The Hall–Kier alpha value is -0.610. The van der Waals surface area contributed by atoms with E-state index in [1.165, 1.54) is 7.11 Å². The number of carbonyl (C=O) groups is 1. The second kappa shape index (κ2) is 3.51. The van der Waals surface area contributed by atoms with Crippen LogP contribution in [0, 0.1) is 5.92 Å². The van der Waals surface area contributed by atoms with E-state index >= 15 is 0 Å². The van der Waals surface area contributed by atoms with Crippen LogP contribution in [0.3, 0.4) is 0 Å². The molecule has 0 radical (unpaired) electrons. The van der Waals surface area contributed by atoms with Crippen molar-refractivity contribution in [2.45, 2.75) is 31.5 Å². The third-order valence-corrected chi connectivity index (χ3v) is 3.31. The van der Waals surface area contributed by atoms with Crippen LogP contribution in [0.2, 0.25) is 0 Å². The number of carbonyl (C=O) groups excluding carboxylic acids is 1. The smallest absolute Gasteiger partial charge is 0.338 e. The van der Waals surface area contributed by atoms with E-state index in [9.17, 15) is 4.79 Å². The molecule has 0 aromatic rings. The highest BCUT2D eigenvalue weighted by Crippen LogP contribution is 2.50. The summed E-state index contributed by atoms with van der Waals surface area (Å²) in [7, 11) is 1.39. The number of ether oxygens (including phenoxy) is 3. The first-order valence-corrected chi connectivity index (χ1v) is 5.08. The molecule has 2 rings (SSSR count). The molecule has 3 atom stereocenters. The Bertz CT molecular complexity index is 240. The third kappa shape index (κ3) is 1.17. The minimum Gasteiger partial charge on any atom is -0.467 e. The van der Waals surface area contributed by atoms with E-state index in [-0.39, 0.29) is 11.6 Å². The summed E-state index contributed by atoms with van der Waals surface area (Å²) in [5.74, 6) is 0.0761. The lowest BCUT2D eigenvalue weighted by molar-refractivity contribution is -0.181. The molecule has 14 heavy (non-hydrogen) atoms. The van der Waals surface area contributed by atoms with E-state index in [1.807, 2.05) is 6.92 Å². The molecule has 0 bridgehead atoms. The Morgan fingerprint density at radius 2 is 2.43 bits per heavy atom. The second-order valence-electron chi connectivity index (χ2n) is 3.86. The summed E-state index contributed by atoms with van der Waals surface area (Å²) in [6, 6.07) is 0. The number of fused-ring (bicyclic) bond motifs is 1. The van der Waals surface area contributed by atoms with E-state index in [0.717, 1.165) is 12.8 Å². The fourth-order valence-electron chi connectivity index (χ4n) is 2.46. The predicted molar refractivity (Wildman–Crippen MR) is 48.8 cm³/mol. The van der Waals surface area contributed by atoms with Gasteiger partial charge >= 0.3 is 5.97 Å². The minimum absolute atomic E-state index is 0.305. The Kier molecular flexibility index (Phi) is 2.49. The van der Waals surface area contributed by atoms with Crippen molar-refractivity contribution in [2.24, 2.45) is 5.92 Å². The number of hydrogen-bond donors (Lipinski definition) is 0. The van der Waals surface area contributed by atoms with Gasteiger partial charge in [0.2, 0.25) is 0 Å². The highest BCUT2D eigenvalue weighted by molar-refractivity contribution is 5.77. The quantitative estimate of drug-likeness (QED) is 0.630. The zero-order chi connectivity index (χ0) is 10.2. The molecule has 4 heteroatoms. The van der Waals surface area contributed by atoms with Gasteiger partial charge in [-0.25, -0.2) is 4.79 Å². The summed E-state index contributed by atoms with van der Waals surface area (Å²) in [6.45, 7) is 3.18. The summed E-state index contributed by atoms with van der Waals surface area (Å²) in [5.41, 5.74) is -0.373. The van der Waals surface area contributed by atoms with Gasteiger partial charge in [-0.3, -0.25) is 0 Å². The Morgan fingerprint density at radius 1 is 1.64 bits per heavy atom. The van der Waals surface area contributed by atoms with Gasteiger partial charge in [0.15, 0.2) is 6.10 Å². The highest BCUT2D eigenvalue weighted by atomic mass is 16.6. The van der Waals surface area contributed by atoms with Gasteiger partial charge in [0.05, 0.1) is 13.7 Å². The van der Waals surface area contributed by atoms with Crippen LogP contribution in [-0.2, 0) is 19.0 Å². The Morgan fingerprint density at radius 3 is 2.93 bits per heavy atom. The van der Waals surface area contributed by atoms with Crippen molar-refractivity contribution >= 4 is 5.97 Å². The number of esters is 1. The van der Waals surface area contributed by atoms with Gasteiger partial charge in [-0.1, -0.05) is 0 Å². The molecule has 2 fully saturated rings. The largest absolute Gasteiger partial charge is 0.467 e. The first kappa shape index (κ1) is 9.93. The van der Waals surface area contributed by atoms with Crippen LogP contribution in [-0.4, -0.2) is 38.0 Å². The predicted octanol–water partition coefficient (Wildman–Crippen LogP) is 0.744. The molecule has 0 N–H and O–H groups in total. The van der Waals surface area contributed by atoms with Crippen LogP contribution in [0.25, 0.3) is 0 Å². The van der Waals surface area contributed by atoms with Crippen LogP contribution in [0.4, 0.5) is 0 Å². The standard InChI is InChI=1S/C10H16O4/c1-3-14-10-5-4-7(10)6-13-8(10)9(11)12-2/h7-8H,3-6H2,1-2H3/t7-,8-,10+/m1/s1. The van der Waals surface area contributed by atoms with Crippen molar-refractivity contribution in [1.82, 2.24) is 0 Å². The average molecular weight is 200 g/mol. The molecule has 80 valence electrons. The minimum atomic E-state index is -0.508. The first-order chi connectivity index (χ1) is 6.74. The molecule has 0 amide bonds. The van der Waals surface area contributed by atoms with Crippen molar-refractivity contribution < 1.29 is 19.0 Å². The fraction of sp³-hybridized carbons (Fsp3) is 0.900. The molecule has 1 aliphatic heterocycles. The number of methoxy groups -OCH3 is 1. The van der Waals surface area contributed by atoms with Gasteiger partial charge in [-0.2, -0.15) is 0 Å². The van der Waals surface area contributed by atoms with Gasteiger partial charge in [-0.05, 0) is 19.8 Å². The molecule has 1 aliphatic carbocycles. The van der Waals surface area contributed by atoms with Gasteiger partial charge in [0.1, 0.15) is 5.60 Å². The normalized spacial score (nSPS) is 40.1. The van der Waals surface area contributed by atoms with Crippen LogP contribution in [0.1, 0.15) is 19.8 Å². The molecular weight excluding hydrogens is 184 g/mol. The topological polar surface area (TPSA) is 44.8 Å². The average Bonchev–Trinajstić information content (AvgIpc) is 2.41. The summed E-state index contributed by atoms with van der Waals surface area (Å²) in [6.07, 6.45) is 1.49. The second-order valence-corrected chi connectivity index (χ2v) is 3.86. The molecule has 1 saturated carbocycles. The molecular formula is C10H16O4. The van der Waals surface area contributed by atoms with Gasteiger partial charge in [-0.15, -0.1) is 0 Å². The Balaban J connectivity index is 2.13.